The molecule has 0 spiro atoms. The van der Waals surface area contributed by atoms with Gasteiger partial charge in [0.15, 0.2) is 0 Å². The number of aryl methyl sites for hydroxylation is 3. The molecule has 2 aromatic carbocycles. The first-order chi connectivity index (χ1) is 9.47. The van der Waals surface area contributed by atoms with Gasteiger partial charge in [0.25, 0.3) is 0 Å². The number of anilines is 1. The van der Waals surface area contributed by atoms with Crippen LogP contribution in [0.2, 0.25) is 0 Å². The molecule has 0 aliphatic heterocycles. The van der Waals surface area contributed by atoms with E-state index in [1.165, 1.54) is 5.56 Å². The summed E-state index contributed by atoms with van der Waals surface area (Å²) in [6, 6.07) is 13.0. The summed E-state index contributed by atoms with van der Waals surface area (Å²) in [7, 11) is 0. The van der Waals surface area contributed by atoms with Crippen molar-refractivity contribution >= 4 is 11.6 Å². The van der Waals surface area contributed by atoms with Crippen LogP contribution in [0.5, 0.6) is 0 Å². The Hall–Kier alpha value is -2.13. The molecular weight excluding hydrogens is 248 g/mol. The molecule has 2 aromatic rings. The zero-order valence-corrected chi connectivity index (χ0v) is 12.1. The van der Waals surface area contributed by atoms with Gasteiger partial charge in [-0.05, 0) is 38.0 Å². The summed E-state index contributed by atoms with van der Waals surface area (Å²) in [5, 5.41) is 2.89. The van der Waals surface area contributed by atoms with Crippen molar-refractivity contribution < 1.29 is 4.79 Å². The molecule has 0 heterocycles. The number of nitrogens with one attached hydrogen (secondary N) is 1. The van der Waals surface area contributed by atoms with E-state index < -0.39 is 6.04 Å². The van der Waals surface area contributed by atoms with Crippen LogP contribution in [0.1, 0.15) is 28.3 Å². The number of benzene rings is 2. The van der Waals surface area contributed by atoms with Crippen LogP contribution in [0.15, 0.2) is 42.5 Å². The van der Waals surface area contributed by atoms with Crippen molar-refractivity contribution in [2.45, 2.75) is 26.8 Å². The molecule has 3 N–H and O–H groups in total. The second-order valence-corrected chi connectivity index (χ2v) is 5.20. The Labute approximate surface area is 119 Å². The SMILES string of the molecule is Cc1ccc(C(N)C(=O)Nc2ccc(C)cc2C)cc1. The minimum Gasteiger partial charge on any atom is -0.324 e. The van der Waals surface area contributed by atoms with Crippen LogP contribution in [0.25, 0.3) is 0 Å². The third-order valence-corrected chi connectivity index (χ3v) is 3.36. The van der Waals surface area contributed by atoms with Crippen LogP contribution in [0, 0.1) is 20.8 Å². The molecule has 1 unspecified atom stereocenters. The van der Waals surface area contributed by atoms with E-state index in [-0.39, 0.29) is 5.91 Å². The normalized spacial score (nSPS) is 12.0. The summed E-state index contributed by atoms with van der Waals surface area (Å²) in [4.78, 5) is 12.2. The maximum atomic E-state index is 12.2. The van der Waals surface area contributed by atoms with Crippen LogP contribution >= 0.6 is 0 Å². The smallest absolute Gasteiger partial charge is 0.245 e. The van der Waals surface area contributed by atoms with Gasteiger partial charge in [-0.25, -0.2) is 0 Å². The number of carbonyl (C=O) groups excluding carboxylic acids is 1. The number of hydrogen-bond acceptors (Lipinski definition) is 2. The van der Waals surface area contributed by atoms with E-state index in [0.29, 0.717) is 0 Å². The minimum atomic E-state index is -0.656. The summed E-state index contributed by atoms with van der Waals surface area (Å²) in [6.07, 6.45) is 0. The highest BCUT2D eigenvalue weighted by Crippen LogP contribution is 2.19. The number of amides is 1. The second kappa shape index (κ2) is 5.88. The zero-order chi connectivity index (χ0) is 14.7. The molecule has 0 bridgehead atoms. The van der Waals surface area contributed by atoms with E-state index in [1.807, 2.05) is 63.2 Å². The molecule has 0 saturated heterocycles. The Morgan fingerprint density at radius 2 is 1.60 bits per heavy atom. The molecule has 0 aliphatic carbocycles. The first-order valence-electron chi connectivity index (χ1n) is 6.67. The fourth-order valence-corrected chi connectivity index (χ4v) is 2.09. The summed E-state index contributed by atoms with van der Waals surface area (Å²) in [5.74, 6) is -0.194. The highest BCUT2D eigenvalue weighted by atomic mass is 16.2. The second-order valence-electron chi connectivity index (χ2n) is 5.20. The van der Waals surface area contributed by atoms with Crippen molar-refractivity contribution in [3.63, 3.8) is 0 Å². The molecule has 104 valence electrons. The van der Waals surface area contributed by atoms with Crippen molar-refractivity contribution in [3.8, 4) is 0 Å². The molecule has 0 fully saturated rings. The van der Waals surface area contributed by atoms with Crippen LogP contribution in [-0.4, -0.2) is 5.91 Å². The van der Waals surface area contributed by atoms with Gasteiger partial charge in [-0.1, -0.05) is 47.5 Å². The molecule has 0 aliphatic rings. The third kappa shape index (κ3) is 3.25. The lowest BCUT2D eigenvalue weighted by Gasteiger charge is -2.14. The Balaban J connectivity index is 2.13. The molecule has 0 aromatic heterocycles. The van der Waals surface area contributed by atoms with Crippen molar-refractivity contribution in [3.05, 3.63) is 64.7 Å². The molecule has 3 heteroatoms. The monoisotopic (exact) mass is 268 g/mol. The number of carbonyl (C=O) groups is 1. The topological polar surface area (TPSA) is 55.1 Å². The molecule has 3 nitrogen and oxygen atoms in total. The lowest BCUT2D eigenvalue weighted by atomic mass is 10.0. The van der Waals surface area contributed by atoms with E-state index >= 15 is 0 Å². The molecule has 1 atom stereocenters. The average molecular weight is 268 g/mol. The number of rotatable bonds is 3. The number of hydrogen-bond donors (Lipinski definition) is 2. The summed E-state index contributed by atoms with van der Waals surface area (Å²) < 4.78 is 0. The van der Waals surface area contributed by atoms with Crippen LogP contribution in [-0.2, 0) is 4.79 Å². The van der Waals surface area contributed by atoms with Crippen molar-refractivity contribution in [1.29, 1.82) is 0 Å². The quantitative estimate of drug-likeness (QED) is 0.897. The predicted octanol–water partition coefficient (Wildman–Crippen LogP) is 3.25. The van der Waals surface area contributed by atoms with Gasteiger partial charge in [-0.15, -0.1) is 0 Å². The lowest BCUT2D eigenvalue weighted by Crippen LogP contribution is -2.28. The van der Waals surface area contributed by atoms with Gasteiger partial charge in [0.05, 0.1) is 0 Å². The molecule has 0 saturated carbocycles. The Morgan fingerprint density at radius 3 is 2.20 bits per heavy atom. The van der Waals surface area contributed by atoms with Crippen LogP contribution in [0.4, 0.5) is 5.69 Å². The third-order valence-electron chi connectivity index (χ3n) is 3.36. The van der Waals surface area contributed by atoms with Gasteiger partial charge in [0, 0.05) is 5.69 Å². The molecule has 2 rings (SSSR count). The van der Waals surface area contributed by atoms with Gasteiger partial charge >= 0.3 is 0 Å². The van der Waals surface area contributed by atoms with E-state index in [1.54, 1.807) is 0 Å². The van der Waals surface area contributed by atoms with Gasteiger partial charge < -0.3 is 11.1 Å². The maximum Gasteiger partial charge on any atom is 0.245 e. The lowest BCUT2D eigenvalue weighted by molar-refractivity contribution is -0.117. The molecule has 20 heavy (non-hydrogen) atoms. The fraction of sp³-hybridized carbons (Fsp3) is 0.235. The van der Waals surface area contributed by atoms with E-state index in [2.05, 4.69) is 5.32 Å². The first kappa shape index (κ1) is 14.3. The standard InChI is InChI=1S/C17H20N2O/c1-11-4-7-14(8-5-11)16(18)17(20)19-15-9-6-12(2)10-13(15)3/h4-10,16H,18H2,1-3H3,(H,19,20). The Bertz CT molecular complexity index is 617. The van der Waals surface area contributed by atoms with Gasteiger partial charge in [0.2, 0.25) is 5.91 Å². The van der Waals surface area contributed by atoms with Crippen molar-refractivity contribution in [2.75, 3.05) is 5.32 Å². The highest BCUT2D eigenvalue weighted by Gasteiger charge is 2.16. The summed E-state index contributed by atoms with van der Waals surface area (Å²) >= 11 is 0. The zero-order valence-electron chi connectivity index (χ0n) is 12.1. The predicted molar refractivity (Wildman–Crippen MR) is 82.7 cm³/mol. The van der Waals surface area contributed by atoms with Crippen molar-refractivity contribution in [1.82, 2.24) is 0 Å². The van der Waals surface area contributed by atoms with E-state index in [4.69, 9.17) is 5.73 Å². The Morgan fingerprint density at radius 1 is 1.00 bits per heavy atom. The molecule has 1 amide bonds. The van der Waals surface area contributed by atoms with Gasteiger partial charge in [-0.2, -0.15) is 0 Å². The minimum absolute atomic E-state index is 0.194. The average Bonchev–Trinajstić information content (AvgIpc) is 2.42. The van der Waals surface area contributed by atoms with Crippen LogP contribution < -0.4 is 11.1 Å². The number of nitrogens with two attached hydrogens (primary N) is 1. The van der Waals surface area contributed by atoms with Gasteiger partial charge in [-0.3, -0.25) is 4.79 Å². The molecule has 0 radical (unpaired) electrons. The highest BCUT2D eigenvalue weighted by molar-refractivity contribution is 5.96. The Kier molecular flexibility index (Phi) is 4.20. The fourth-order valence-electron chi connectivity index (χ4n) is 2.09. The van der Waals surface area contributed by atoms with Crippen molar-refractivity contribution in [2.24, 2.45) is 5.73 Å². The summed E-state index contributed by atoms with van der Waals surface area (Å²) in [5.41, 5.74) is 11.0. The summed E-state index contributed by atoms with van der Waals surface area (Å²) in [6.45, 7) is 6.00. The van der Waals surface area contributed by atoms with E-state index in [0.717, 1.165) is 22.4 Å². The van der Waals surface area contributed by atoms with Gasteiger partial charge in [0.1, 0.15) is 6.04 Å². The molecular formula is C17H20N2O. The first-order valence-corrected chi connectivity index (χ1v) is 6.67. The largest absolute Gasteiger partial charge is 0.324 e. The van der Waals surface area contributed by atoms with E-state index in [9.17, 15) is 4.79 Å². The van der Waals surface area contributed by atoms with Crippen LogP contribution in [0.3, 0.4) is 0 Å². The maximum absolute atomic E-state index is 12.2.